The molecule has 4 rings (SSSR count). The molecule has 0 atom stereocenters. The normalized spacial score (nSPS) is 10.7. The van der Waals surface area contributed by atoms with E-state index in [1.54, 1.807) is 6.07 Å². The van der Waals surface area contributed by atoms with Crippen molar-refractivity contribution in [2.24, 2.45) is 0 Å². The maximum absolute atomic E-state index is 11.7. The summed E-state index contributed by atoms with van der Waals surface area (Å²) in [6.45, 7) is 1.82. The third-order valence-corrected chi connectivity index (χ3v) is 4.19. The highest BCUT2D eigenvalue weighted by atomic mass is 16.1. The largest absolute Gasteiger partial charge is 0.325 e. The van der Waals surface area contributed by atoms with E-state index in [9.17, 15) is 4.79 Å². The lowest BCUT2D eigenvalue weighted by atomic mass is 10.0. The molecule has 0 fully saturated rings. The number of nitriles is 1. The summed E-state index contributed by atoms with van der Waals surface area (Å²) in [6, 6.07) is 17.4. The van der Waals surface area contributed by atoms with Crippen molar-refractivity contribution in [3.63, 3.8) is 0 Å². The number of nitrogens with zero attached hydrogens (tertiary/aromatic N) is 3. The van der Waals surface area contributed by atoms with E-state index in [-0.39, 0.29) is 11.1 Å². The quantitative estimate of drug-likeness (QED) is 0.612. The topological polar surface area (TPSA) is 73.9 Å². The van der Waals surface area contributed by atoms with Crippen LogP contribution < -0.4 is 5.56 Å². The third kappa shape index (κ3) is 2.60. The molecule has 0 amide bonds. The minimum atomic E-state index is -0.362. The molecule has 25 heavy (non-hydrogen) atoms. The summed E-state index contributed by atoms with van der Waals surface area (Å²) in [6.07, 6.45) is 3.93. The van der Waals surface area contributed by atoms with Crippen LogP contribution in [0.5, 0.6) is 0 Å². The number of rotatable bonds is 2. The predicted octanol–water partition coefficient (Wildman–Crippen LogP) is 3.54. The van der Waals surface area contributed by atoms with Gasteiger partial charge in [0.2, 0.25) is 0 Å². The number of aromatic amines is 1. The minimum absolute atomic E-state index is 0.108. The molecule has 0 aliphatic carbocycles. The van der Waals surface area contributed by atoms with E-state index in [0.717, 1.165) is 33.7 Å². The number of H-pyrrole nitrogens is 1. The Bertz CT molecular complexity index is 1180. The van der Waals surface area contributed by atoms with Crippen molar-refractivity contribution in [3.8, 4) is 28.5 Å². The lowest BCUT2D eigenvalue weighted by Gasteiger charge is -2.07. The monoisotopic (exact) mass is 326 g/mol. The maximum Gasteiger partial charge on any atom is 0.266 e. The van der Waals surface area contributed by atoms with Crippen LogP contribution in [0.1, 0.15) is 11.3 Å². The molecule has 4 aromatic rings. The molecular formula is C20H14N4O. The fourth-order valence-corrected chi connectivity index (χ4v) is 2.91. The van der Waals surface area contributed by atoms with Crippen molar-refractivity contribution < 1.29 is 0 Å². The van der Waals surface area contributed by atoms with Gasteiger partial charge in [0.15, 0.2) is 0 Å². The Kier molecular flexibility index (Phi) is 3.44. The SMILES string of the molecule is Cc1[nH]c(=O)c(C#N)cc1-c1ccc2nc(-c3ccccc3)cn2c1. The molecule has 0 spiro atoms. The van der Waals surface area contributed by atoms with Gasteiger partial charge in [-0.25, -0.2) is 4.98 Å². The Morgan fingerprint density at radius 2 is 1.88 bits per heavy atom. The van der Waals surface area contributed by atoms with E-state index < -0.39 is 0 Å². The van der Waals surface area contributed by atoms with E-state index in [0.29, 0.717) is 0 Å². The highest BCUT2D eigenvalue weighted by molar-refractivity contribution is 5.70. The lowest BCUT2D eigenvalue weighted by Crippen LogP contribution is -2.12. The van der Waals surface area contributed by atoms with E-state index >= 15 is 0 Å². The molecule has 120 valence electrons. The van der Waals surface area contributed by atoms with Gasteiger partial charge in [0, 0.05) is 34.8 Å². The molecule has 3 aromatic heterocycles. The van der Waals surface area contributed by atoms with Crippen LogP contribution in [0.3, 0.4) is 0 Å². The van der Waals surface area contributed by atoms with Gasteiger partial charge in [-0.1, -0.05) is 30.3 Å². The number of hydrogen-bond acceptors (Lipinski definition) is 3. The molecule has 0 radical (unpaired) electrons. The first-order valence-corrected chi connectivity index (χ1v) is 7.84. The second kappa shape index (κ2) is 5.77. The van der Waals surface area contributed by atoms with Crippen molar-refractivity contribution in [1.82, 2.24) is 14.4 Å². The van der Waals surface area contributed by atoms with Crippen molar-refractivity contribution >= 4 is 5.65 Å². The molecular weight excluding hydrogens is 312 g/mol. The highest BCUT2D eigenvalue weighted by Crippen LogP contribution is 2.24. The van der Waals surface area contributed by atoms with Gasteiger partial charge in [-0.05, 0) is 25.1 Å². The molecule has 5 nitrogen and oxygen atoms in total. The van der Waals surface area contributed by atoms with E-state index in [1.807, 2.05) is 72.3 Å². The molecule has 0 bridgehead atoms. The summed E-state index contributed by atoms with van der Waals surface area (Å²) in [5, 5.41) is 9.10. The van der Waals surface area contributed by atoms with Crippen molar-refractivity contribution in [1.29, 1.82) is 5.26 Å². The van der Waals surface area contributed by atoms with Crippen molar-refractivity contribution in [2.45, 2.75) is 6.92 Å². The highest BCUT2D eigenvalue weighted by Gasteiger charge is 2.10. The van der Waals surface area contributed by atoms with Gasteiger partial charge in [-0.2, -0.15) is 5.26 Å². The van der Waals surface area contributed by atoms with Crippen molar-refractivity contribution in [2.75, 3.05) is 0 Å². The fourth-order valence-electron chi connectivity index (χ4n) is 2.91. The summed E-state index contributed by atoms with van der Waals surface area (Å²) >= 11 is 0. The summed E-state index contributed by atoms with van der Waals surface area (Å²) in [7, 11) is 0. The number of pyridine rings is 2. The zero-order chi connectivity index (χ0) is 17.4. The van der Waals surface area contributed by atoms with Gasteiger partial charge in [0.25, 0.3) is 5.56 Å². The van der Waals surface area contributed by atoms with Crippen LogP contribution in [0.25, 0.3) is 28.0 Å². The number of imidazole rings is 1. The number of fused-ring (bicyclic) bond motifs is 1. The molecule has 0 saturated heterocycles. The lowest BCUT2D eigenvalue weighted by molar-refractivity contribution is 1.12. The zero-order valence-corrected chi connectivity index (χ0v) is 13.5. The third-order valence-electron chi connectivity index (χ3n) is 4.19. The molecule has 5 heteroatoms. The second-order valence-electron chi connectivity index (χ2n) is 5.84. The van der Waals surface area contributed by atoms with Crippen LogP contribution >= 0.6 is 0 Å². The number of aromatic nitrogens is 3. The van der Waals surface area contributed by atoms with Gasteiger partial charge < -0.3 is 9.38 Å². The number of nitrogens with one attached hydrogen (secondary N) is 1. The van der Waals surface area contributed by atoms with Crippen LogP contribution in [-0.2, 0) is 0 Å². The zero-order valence-electron chi connectivity index (χ0n) is 13.5. The van der Waals surface area contributed by atoms with Gasteiger partial charge >= 0.3 is 0 Å². The number of hydrogen-bond donors (Lipinski definition) is 1. The first-order chi connectivity index (χ1) is 12.2. The first-order valence-electron chi connectivity index (χ1n) is 7.84. The first kappa shape index (κ1) is 14.9. The molecule has 0 saturated carbocycles. The smallest absolute Gasteiger partial charge is 0.266 e. The summed E-state index contributed by atoms with van der Waals surface area (Å²) < 4.78 is 1.95. The van der Waals surface area contributed by atoms with Gasteiger partial charge in [0.05, 0.1) is 5.69 Å². The molecule has 1 aromatic carbocycles. The summed E-state index contributed by atoms with van der Waals surface area (Å²) in [5.74, 6) is 0. The van der Waals surface area contributed by atoms with Crippen molar-refractivity contribution in [3.05, 3.63) is 82.5 Å². The Morgan fingerprint density at radius 1 is 1.08 bits per heavy atom. The van der Waals surface area contributed by atoms with E-state index in [4.69, 9.17) is 5.26 Å². The van der Waals surface area contributed by atoms with Crippen LogP contribution in [0, 0.1) is 18.3 Å². The number of benzene rings is 1. The van der Waals surface area contributed by atoms with Gasteiger partial charge in [-0.3, -0.25) is 4.79 Å². The standard InChI is InChI=1S/C20H14N4O/c1-13-17(9-16(10-21)20(25)22-13)15-7-8-19-23-18(12-24(19)11-15)14-5-3-2-4-6-14/h2-9,11-12H,1H3,(H,22,25). The Morgan fingerprint density at radius 3 is 2.64 bits per heavy atom. The van der Waals surface area contributed by atoms with Crippen LogP contribution in [0.2, 0.25) is 0 Å². The Balaban J connectivity index is 1.85. The Labute approximate surface area is 143 Å². The average molecular weight is 326 g/mol. The minimum Gasteiger partial charge on any atom is -0.325 e. The molecule has 1 N–H and O–H groups in total. The van der Waals surface area contributed by atoms with E-state index in [1.165, 1.54) is 0 Å². The fraction of sp³-hybridized carbons (Fsp3) is 0.0500. The average Bonchev–Trinajstić information content (AvgIpc) is 3.06. The number of aryl methyl sites for hydroxylation is 1. The molecule has 0 unspecified atom stereocenters. The maximum atomic E-state index is 11.7. The predicted molar refractivity (Wildman–Crippen MR) is 96.1 cm³/mol. The van der Waals surface area contributed by atoms with Crippen LogP contribution in [-0.4, -0.2) is 14.4 Å². The van der Waals surface area contributed by atoms with Gasteiger partial charge in [0.1, 0.15) is 17.3 Å². The molecule has 0 aliphatic heterocycles. The Hall–Kier alpha value is -3.65. The molecule has 3 heterocycles. The van der Waals surface area contributed by atoms with Crippen LogP contribution in [0.4, 0.5) is 0 Å². The van der Waals surface area contributed by atoms with Gasteiger partial charge in [-0.15, -0.1) is 0 Å². The summed E-state index contributed by atoms with van der Waals surface area (Å²) in [4.78, 5) is 19.1. The summed E-state index contributed by atoms with van der Waals surface area (Å²) in [5.41, 5.74) is 5.00. The van der Waals surface area contributed by atoms with Crippen LogP contribution in [0.15, 0.2) is 65.7 Å². The van der Waals surface area contributed by atoms with E-state index in [2.05, 4.69) is 9.97 Å². The second-order valence-corrected chi connectivity index (χ2v) is 5.84. The molecule has 0 aliphatic rings.